The summed E-state index contributed by atoms with van der Waals surface area (Å²) in [5, 5.41) is 2.62. The van der Waals surface area contributed by atoms with E-state index < -0.39 is 6.04 Å². The fourth-order valence-electron chi connectivity index (χ4n) is 4.90. The molecular weight excluding hydrogens is 696 g/mol. The minimum absolute atomic E-state index is 0.0734. The number of nitrogens with one attached hydrogen (secondary N) is 1. The van der Waals surface area contributed by atoms with Crippen LogP contribution in [-0.2, 0) is 23.9 Å². The summed E-state index contributed by atoms with van der Waals surface area (Å²) >= 11 is 4.24. The fourth-order valence-corrected chi connectivity index (χ4v) is 4.90. The van der Waals surface area contributed by atoms with Crippen LogP contribution < -0.4 is 5.32 Å². The molecular formula is C29H53I2NO5. The summed E-state index contributed by atoms with van der Waals surface area (Å²) in [7, 11) is 0. The smallest absolute Gasteiger partial charge is 0.328 e. The molecule has 1 amide bonds. The zero-order chi connectivity index (χ0) is 27.9. The van der Waals surface area contributed by atoms with Crippen LogP contribution in [0.25, 0.3) is 0 Å². The highest BCUT2D eigenvalue weighted by Crippen LogP contribution is 2.32. The predicted molar refractivity (Wildman–Crippen MR) is 169 cm³/mol. The molecule has 6 nitrogen and oxygen atoms in total. The molecule has 4 atom stereocenters. The molecule has 37 heavy (non-hydrogen) atoms. The lowest BCUT2D eigenvalue weighted by atomic mass is 9.86. The van der Waals surface area contributed by atoms with Gasteiger partial charge < -0.3 is 14.8 Å². The number of esters is 2. The quantitative estimate of drug-likeness (QED) is 0.0490. The third kappa shape index (κ3) is 18.0. The molecule has 1 saturated heterocycles. The lowest BCUT2D eigenvalue weighted by Gasteiger charge is -2.37. The van der Waals surface area contributed by atoms with Gasteiger partial charge in [0.05, 0.1) is 5.92 Å². The Labute approximate surface area is 250 Å². The Morgan fingerprint density at radius 3 is 2.00 bits per heavy atom. The second kappa shape index (κ2) is 24.9. The van der Waals surface area contributed by atoms with Crippen LogP contribution >= 0.6 is 37.2 Å². The second-order valence-electron chi connectivity index (χ2n) is 10.8. The monoisotopic (exact) mass is 749 g/mol. The van der Waals surface area contributed by atoms with Gasteiger partial charge in [-0.1, -0.05) is 105 Å². The number of amides is 1. The van der Waals surface area contributed by atoms with E-state index in [2.05, 4.69) is 56.4 Å². The molecule has 2 unspecified atom stereocenters. The van der Waals surface area contributed by atoms with E-state index >= 15 is 0 Å². The number of carbonyl (C=O) groups excluding carboxylic acids is 3. The number of carbonyl (C=O) groups is 3. The summed E-state index contributed by atoms with van der Waals surface area (Å²) < 4.78 is 11.4. The average Bonchev–Trinajstić information content (AvgIpc) is 2.87. The van der Waals surface area contributed by atoms with Crippen LogP contribution in [0.2, 0.25) is 0 Å². The Morgan fingerprint density at radius 1 is 0.946 bits per heavy atom. The highest BCUT2D eigenvalue weighted by molar-refractivity contribution is 15.0. The van der Waals surface area contributed by atoms with Gasteiger partial charge in [-0.3, -0.25) is 9.59 Å². The Kier molecular flexibility index (Phi) is 24.8. The first kappa shape index (κ1) is 36.9. The topological polar surface area (TPSA) is 81.7 Å². The minimum Gasteiger partial charge on any atom is -0.461 e. The molecule has 1 aliphatic rings. The maximum absolute atomic E-state index is 12.9. The van der Waals surface area contributed by atoms with E-state index in [4.69, 9.17) is 9.47 Å². The van der Waals surface area contributed by atoms with Crippen molar-refractivity contribution in [1.82, 2.24) is 5.32 Å². The summed E-state index contributed by atoms with van der Waals surface area (Å²) in [6, 6.07) is -0.632. The highest BCUT2D eigenvalue weighted by atomic mass is 128. The zero-order valence-electron chi connectivity index (χ0n) is 23.8. The van der Waals surface area contributed by atoms with E-state index in [1.807, 2.05) is 13.8 Å². The summed E-state index contributed by atoms with van der Waals surface area (Å²) in [4.78, 5) is 36.0. The molecule has 1 N–H and O–H groups in total. The molecule has 0 aromatic rings. The minimum atomic E-state index is -0.632. The molecule has 1 heterocycles. The van der Waals surface area contributed by atoms with Crippen molar-refractivity contribution >= 4 is 55.6 Å². The Morgan fingerprint density at radius 2 is 1.49 bits per heavy atom. The SMILES string of the molecule is CCCCCCCCCCCC(CC1OC(=O)[C@H]1CCCCCC)OC(=O)[C@@H](CC(C)C)NC=O.II. The molecule has 0 saturated carbocycles. The van der Waals surface area contributed by atoms with Crippen molar-refractivity contribution in [2.75, 3.05) is 0 Å². The van der Waals surface area contributed by atoms with Crippen LogP contribution in [0, 0.1) is 11.8 Å². The largest absolute Gasteiger partial charge is 0.461 e. The fraction of sp³-hybridized carbons (Fsp3) is 0.897. The van der Waals surface area contributed by atoms with Crippen LogP contribution in [0.3, 0.4) is 0 Å². The normalized spacial score (nSPS) is 18.2. The van der Waals surface area contributed by atoms with Gasteiger partial charge in [-0.05, 0) is 31.6 Å². The van der Waals surface area contributed by atoms with Crippen molar-refractivity contribution < 1.29 is 23.9 Å². The predicted octanol–water partition coefficient (Wildman–Crippen LogP) is 8.65. The van der Waals surface area contributed by atoms with Gasteiger partial charge in [0, 0.05) is 43.7 Å². The highest BCUT2D eigenvalue weighted by Gasteiger charge is 2.43. The first-order valence-corrected chi connectivity index (χ1v) is 21.0. The number of hydrogen-bond donors (Lipinski definition) is 1. The van der Waals surface area contributed by atoms with Crippen LogP contribution in [0.15, 0.2) is 0 Å². The molecule has 0 spiro atoms. The van der Waals surface area contributed by atoms with Crippen molar-refractivity contribution in [3.63, 3.8) is 0 Å². The number of rotatable bonds is 23. The van der Waals surface area contributed by atoms with E-state index in [-0.39, 0.29) is 36.0 Å². The molecule has 0 aromatic heterocycles. The average molecular weight is 750 g/mol. The van der Waals surface area contributed by atoms with Gasteiger partial charge in [-0.2, -0.15) is 0 Å². The summed E-state index contributed by atoms with van der Waals surface area (Å²) in [5.74, 6) is -0.302. The van der Waals surface area contributed by atoms with Crippen LogP contribution in [0.4, 0.5) is 0 Å². The maximum atomic E-state index is 12.9. The molecule has 0 bridgehead atoms. The molecule has 1 fully saturated rings. The van der Waals surface area contributed by atoms with Crippen molar-refractivity contribution in [1.29, 1.82) is 0 Å². The summed E-state index contributed by atoms with van der Waals surface area (Å²) in [5.41, 5.74) is 0. The number of ether oxygens (including phenoxy) is 2. The molecule has 1 aliphatic heterocycles. The first-order chi connectivity index (χ1) is 17.9. The molecule has 0 radical (unpaired) electrons. The lowest BCUT2D eigenvalue weighted by molar-refractivity contribution is -0.190. The summed E-state index contributed by atoms with van der Waals surface area (Å²) in [6.07, 6.45) is 18.5. The van der Waals surface area contributed by atoms with Crippen LogP contribution in [-0.4, -0.2) is 36.6 Å². The second-order valence-corrected chi connectivity index (χ2v) is 10.8. The summed E-state index contributed by atoms with van der Waals surface area (Å²) in [6.45, 7) is 8.45. The van der Waals surface area contributed by atoms with Gasteiger partial charge in [0.2, 0.25) is 6.41 Å². The van der Waals surface area contributed by atoms with E-state index in [1.165, 1.54) is 57.8 Å². The van der Waals surface area contributed by atoms with Gasteiger partial charge in [0.15, 0.2) is 0 Å². The number of hydrogen-bond acceptors (Lipinski definition) is 5. The van der Waals surface area contributed by atoms with Crippen molar-refractivity contribution in [3.05, 3.63) is 0 Å². The van der Waals surface area contributed by atoms with Gasteiger partial charge in [0.1, 0.15) is 18.2 Å². The molecule has 218 valence electrons. The zero-order valence-corrected chi connectivity index (χ0v) is 28.1. The van der Waals surface area contributed by atoms with Crippen molar-refractivity contribution in [3.8, 4) is 0 Å². The lowest BCUT2D eigenvalue weighted by Crippen LogP contribution is -2.48. The molecule has 0 aliphatic carbocycles. The van der Waals surface area contributed by atoms with Gasteiger partial charge >= 0.3 is 11.9 Å². The Balaban J connectivity index is 0.00000631. The standard InChI is InChI=1S/C29H53NO5.I2/c1-5-7-9-11-12-13-14-15-16-18-24(34-29(33)26(30-22-31)20-23(3)4)21-27-25(28(32)35-27)19-17-10-8-6-2;1-2/h22-27H,5-21H2,1-4H3,(H,30,31);/t24?,25-,26+,27?;/m0./s1. The van der Waals surface area contributed by atoms with E-state index in [9.17, 15) is 14.4 Å². The van der Waals surface area contributed by atoms with Crippen LogP contribution in [0.5, 0.6) is 0 Å². The van der Waals surface area contributed by atoms with E-state index in [0.717, 1.165) is 38.5 Å². The number of unbranched alkanes of at least 4 members (excludes halogenated alkanes) is 11. The van der Waals surface area contributed by atoms with Crippen molar-refractivity contribution in [2.45, 2.75) is 155 Å². The van der Waals surface area contributed by atoms with E-state index in [0.29, 0.717) is 19.3 Å². The third-order valence-corrected chi connectivity index (χ3v) is 7.06. The molecule has 1 rings (SSSR count). The first-order valence-electron chi connectivity index (χ1n) is 14.7. The third-order valence-electron chi connectivity index (χ3n) is 7.06. The number of cyclic esters (lactones) is 1. The van der Waals surface area contributed by atoms with Gasteiger partial charge in [-0.25, -0.2) is 4.79 Å². The Hall–Kier alpha value is -0.130. The maximum Gasteiger partial charge on any atom is 0.328 e. The Bertz CT molecular complexity index is 591. The molecule has 8 heteroatoms. The van der Waals surface area contributed by atoms with Crippen molar-refractivity contribution in [2.24, 2.45) is 11.8 Å². The number of halogens is 2. The van der Waals surface area contributed by atoms with Gasteiger partial charge in [0.25, 0.3) is 0 Å². The van der Waals surface area contributed by atoms with E-state index in [1.54, 1.807) is 0 Å². The van der Waals surface area contributed by atoms with Gasteiger partial charge in [-0.15, -0.1) is 0 Å². The molecule has 0 aromatic carbocycles. The van der Waals surface area contributed by atoms with Crippen LogP contribution in [0.1, 0.15) is 137 Å².